The molecule has 0 radical (unpaired) electrons. The second-order valence-corrected chi connectivity index (χ2v) is 4.92. The van der Waals surface area contributed by atoms with Crippen molar-refractivity contribution in [1.29, 1.82) is 0 Å². The summed E-state index contributed by atoms with van der Waals surface area (Å²) >= 11 is 0. The number of hydrogen-bond acceptors (Lipinski definition) is 3. The molecule has 0 saturated carbocycles. The van der Waals surface area contributed by atoms with Crippen LogP contribution in [0.3, 0.4) is 0 Å². The summed E-state index contributed by atoms with van der Waals surface area (Å²) in [5, 5.41) is 10.2. The molecule has 0 saturated heterocycles. The number of benzene rings is 1. The minimum absolute atomic E-state index is 0.108. The van der Waals surface area contributed by atoms with Crippen molar-refractivity contribution in [3.05, 3.63) is 59.4 Å². The van der Waals surface area contributed by atoms with Crippen molar-refractivity contribution >= 4 is 5.78 Å². The molecule has 1 atom stereocenters. The molecule has 3 nitrogen and oxygen atoms in total. The number of hydrogen-bond donors (Lipinski definition) is 1. The van der Waals surface area contributed by atoms with Gasteiger partial charge in [0.15, 0.2) is 5.78 Å². The van der Waals surface area contributed by atoms with Crippen LogP contribution in [-0.4, -0.2) is 23.1 Å². The van der Waals surface area contributed by atoms with E-state index in [4.69, 9.17) is 4.74 Å². The van der Waals surface area contributed by atoms with Crippen LogP contribution < -0.4 is 0 Å². The first-order valence-corrected chi connectivity index (χ1v) is 6.97. The van der Waals surface area contributed by atoms with E-state index in [0.717, 1.165) is 6.42 Å². The van der Waals surface area contributed by atoms with Crippen LogP contribution in [0, 0.1) is 0 Å². The molecule has 0 amide bonds. The Morgan fingerprint density at radius 2 is 2.00 bits per heavy atom. The van der Waals surface area contributed by atoms with Crippen molar-refractivity contribution < 1.29 is 14.6 Å². The van der Waals surface area contributed by atoms with Gasteiger partial charge in [0, 0.05) is 18.6 Å². The molecular weight excluding hydrogens is 252 g/mol. The van der Waals surface area contributed by atoms with Crippen LogP contribution >= 0.6 is 0 Å². The molecule has 0 spiro atoms. The van der Waals surface area contributed by atoms with Crippen LogP contribution in [0.2, 0.25) is 0 Å². The van der Waals surface area contributed by atoms with Crippen molar-refractivity contribution in [2.45, 2.75) is 32.3 Å². The van der Waals surface area contributed by atoms with Gasteiger partial charge in [0.05, 0.1) is 11.2 Å². The van der Waals surface area contributed by atoms with Crippen LogP contribution in [0.25, 0.3) is 0 Å². The maximum atomic E-state index is 12.4. The van der Waals surface area contributed by atoms with Gasteiger partial charge >= 0.3 is 0 Å². The molecule has 0 aromatic heterocycles. The molecule has 0 bridgehead atoms. The number of aliphatic hydroxyl groups is 1. The van der Waals surface area contributed by atoms with E-state index >= 15 is 0 Å². The van der Waals surface area contributed by atoms with Crippen molar-refractivity contribution in [1.82, 2.24) is 0 Å². The van der Waals surface area contributed by atoms with Gasteiger partial charge < -0.3 is 9.84 Å². The maximum Gasteiger partial charge on any atom is 0.196 e. The highest BCUT2D eigenvalue weighted by Crippen LogP contribution is 2.32. The molecule has 1 unspecified atom stereocenters. The number of ether oxygens (including phenoxy) is 1. The molecule has 0 heterocycles. The first-order valence-electron chi connectivity index (χ1n) is 6.97. The summed E-state index contributed by atoms with van der Waals surface area (Å²) in [6, 6.07) is 8.99. The lowest BCUT2D eigenvalue weighted by Gasteiger charge is -2.32. The summed E-state index contributed by atoms with van der Waals surface area (Å²) in [6.45, 7) is 4.52. The highest BCUT2D eigenvalue weighted by Gasteiger charge is 2.32. The zero-order chi connectivity index (χ0) is 14.6. The van der Waals surface area contributed by atoms with E-state index < -0.39 is 5.60 Å². The molecule has 106 valence electrons. The molecule has 1 aromatic rings. The molecule has 1 N–H and O–H groups in total. The minimum atomic E-state index is -0.487. The molecule has 1 aliphatic carbocycles. The Balaban J connectivity index is 2.26. The lowest BCUT2D eigenvalue weighted by Crippen LogP contribution is -2.33. The number of Topliss-reactive ketones (excluding diaryl/α,β-unsaturated/α-hetero) is 1. The number of carbonyl (C=O) groups is 1. The fourth-order valence-electron chi connectivity index (χ4n) is 2.45. The van der Waals surface area contributed by atoms with E-state index in [0.29, 0.717) is 24.2 Å². The summed E-state index contributed by atoms with van der Waals surface area (Å²) in [5.41, 5.74) is 0.457. The minimum Gasteiger partial charge on any atom is -0.511 e. The van der Waals surface area contributed by atoms with Gasteiger partial charge in [0.2, 0.25) is 0 Å². The van der Waals surface area contributed by atoms with E-state index in [2.05, 4.69) is 0 Å². The predicted octanol–water partition coefficient (Wildman–Crippen LogP) is 3.83. The van der Waals surface area contributed by atoms with Gasteiger partial charge in [-0.25, -0.2) is 0 Å². The Bertz CT molecular complexity index is 543. The van der Waals surface area contributed by atoms with Crippen molar-refractivity contribution in [2.75, 3.05) is 6.61 Å². The fraction of sp³-hybridized carbons (Fsp3) is 0.353. The molecule has 0 fully saturated rings. The lowest BCUT2D eigenvalue weighted by molar-refractivity contribution is -0.0114. The lowest BCUT2D eigenvalue weighted by atomic mass is 9.86. The molecule has 1 aliphatic rings. The SMILES string of the molecule is CCOC1(CC)C=CC(C(=O)c2ccccc2)=C(O)C1. The van der Waals surface area contributed by atoms with Crippen molar-refractivity contribution in [3.63, 3.8) is 0 Å². The van der Waals surface area contributed by atoms with Gasteiger partial charge in [-0.1, -0.05) is 43.3 Å². The number of carbonyl (C=O) groups excluding carboxylic acids is 1. The van der Waals surface area contributed by atoms with Gasteiger partial charge in [-0.05, 0) is 19.4 Å². The molecule has 20 heavy (non-hydrogen) atoms. The van der Waals surface area contributed by atoms with Gasteiger partial charge in [0.1, 0.15) is 5.76 Å². The van der Waals surface area contributed by atoms with Gasteiger partial charge in [0.25, 0.3) is 0 Å². The fourth-order valence-corrected chi connectivity index (χ4v) is 2.45. The van der Waals surface area contributed by atoms with Crippen LogP contribution in [-0.2, 0) is 4.74 Å². The Kier molecular flexibility index (Phi) is 4.40. The molecule has 1 aromatic carbocycles. The molecule has 0 aliphatic heterocycles. The van der Waals surface area contributed by atoms with Gasteiger partial charge in [-0.3, -0.25) is 4.79 Å². The monoisotopic (exact) mass is 272 g/mol. The summed E-state index contributed by atoms with van der Waals surface area (Å²) in [4.78, 5) is 12.4. The molecular formula is C17H20O3. The van der Waals surface area contributed by atoms with Gasteiger partial charge in [-0.2, -0.15) is 0 Å². The van der Waals surface area contributed by atoms with E-state index in [9.17, 15) is 9.90 Å². The first kappa shape index (κ1) is 14.5. The first-order chi connectivity index (χ1) is 9.62. The topological polar surface area (TPSA) is 46.5 Å². The Morgan fingerprint density at radius 1 is 1.30 bits per heavy atom. The van der Waals surface area contributed by atoms with E-state index in [1.807, 2.05) is 38.1 Å². The van der Waals surface area contributed by atoms with Gasteiger partial charge in [-0.15, -0.1) is 0 Å². The second-order valence-electron chi connectivity index (χ2n) is 4.92. The number of rotatable bonds is 5. The Hall–Kier alpha value is -1.87. The van der Waals surface area contributed by atoms with Crippen molar-refractivity contribution in [3.8, 4) is 0 Å². The van der Waals surface area contributed by atoms with Crippen LogP contribution in [0.4, 0.5) is 0 Å². The third-order valence-corrected chi connectivity index (χ3v) is 3.64. The van der Waals surface area contributed by atoms with Crippen LogP contribution in [0.5, 0.6) is 0 Å². The van der Waals surface area contributed by atoms with E-state index in [1.165, 1.54) is 0 Å². The Labute approximate surface area is 119 Å². The average Bonchev–Trinajstić information content (AvgIpc) is 2.48. The average molecular weight is 272 g/mol. The van der Waals surface area contributed by atoms with Crippen molar-refractivity contribution in [2.24, 2.45) is 0 Å². The Morgan fingerprint density at radius 3 is 2.55 bits per heavy atom. The van der Waals surface area contributed by atoms with Crippen LogP contribution in [0.1, 0.15) is 37.0 Å². The van der Waals surface area contributed by atoms with E-state index in [-0.39, 0.29) is 11.5 Å². The zero-order valence-electron chi connectivity index (χ0n) is 11.9. The standard InChI is InChI=1S/C17H20O3/c1-3-17(20-4-2)11-10-14(15(18)12-17)16(19)13-8-6-5-7-9-13/h5-11,18H,3-4,12H2,1-2H3. The molecule has 2 rings (SSSR count). The van der Waals surface area contributed by atoms with E-state index in [1.54, 1.807) is 18.2 Å². The summed E-state index contributed by atoms with van der Waals surface area (Å²) < 4.78 is 5.73. The normalized spacial score (nSPS) is 22.1. The quantitative estimate of drug-likeness (QED) is 0.829. The third-order valence-electron chi connectivity index (χ3n) is 3.64. The zero-order valence-corrected chi connectivity index (χ0v) is 11.9. The molecule has 3 heteroatoms. The number of aliphatic hydroxyl groups excluding tert-OH is 1. The predicted molar refractivity (Wildman–Crippen MR) is 78.8 cm³/mol. The maximum absolute atomic E-state index is 12.4. The van der Waals surface area contributed by atoms with Crippen LogP contribution in [0.15, 0.2) is 53.8 Å². The summed E-state index contributed by atoms with van der Waals surface area (Å²) in [7, 11) is 0. The highest BCUT2D eigenvalue weighted by molar-refractivity contribution is 6.11. The number of ketones is 1. The largest absolute Gasteiger partial charge is 0.511 e. The number of allylic oxidation sites excluding steroid dienone is 2. The third kappa shape index (κ3) is 2.83. The second kappa shape index (κ2) is 6.06. The summed E-state index contributed by atoms with van der Waals surface area (Å²) in [6.07, 6.45) is 4.69. The highest BCUT2D eigenvalue weighted by atomic mass is 16.5. The summed E-state index contributed by atoms with van der Waals surface area (Å²) in [5.74, 6) is -0.0443. The smallest absolute Gasteiger partial charge is 0.196 e.